The Balaban J connectivity index is 2.07. The maximum absolute atomic E-state index is 13.7. The number of nitrogens with zero attached hydrogens (tertiary/aromatic N) is 2. The van der Waals surface area contributed by atoms with Crippen molar-refractivity contribution in [1.29, 1.82) is 0 Å². The van der Waals surface area contributed by atoms with Gasteiger partial charge in [0.15, 0.2) is 23.4 Å². The third-order valence-electron chi connectivity index (χ3n) is 3.58. The molecule has 1 aromatic carbocycles. The molecule has 2 rings (SSSR count). The Kier molecular flexibility index (Phi) is 5.78. The van der Waals surface area contributed by atoms with Crippen LogP contribution in [0.15, 0.2) is 30.5 Å². The molecule has 0 saturated heterocycles. The molecular formula is C17H22FN3O3. The summed E-state index contributed by atoms with van der Waals surface area (Å²) in [7, 11) is 3.32. The number of ether oxygens (including phenoxy) is 2. The predicted molar refractivity (Wildman–Crippen MR) is 87.4 cm³/mol. The fraction of sp³-hybridized carbons (Fsp3) is 0.412. The number of rotatable bonds is 7. The maximum atomic E-state index is 13.7. The van der Waals surface area contributed by atoms with Crippen LogP contribution in [-0.2, 0) is 11.8 Å². The van der Waals surface area contributed by atoms with E-state index in [1.54, 1.807) is 51.0 Å². The molecule has 1 aromatic heterocycles. The van der Waals surface area contributed by atoms with Crippen molar-refractivity contribution in [3.63, 3.8) is 0 Å². The average molecular weight is 335 g/mol. The normalized spacial score (nSPS) is 13.2. The lowest BCUT2D eigenvalue weighted by Gasteiger charge is -2.20. The van der Waals surface area contributed by atoms with Gasteiger partial charge in [0.05, 0.1) is 19.3 Å². The van der Waals surface area contributed by atoms with E-state index in [1.807, 2.05) is 0 Å². The van der Waals surface area contributed by atoms with Gasteiger partial charge >= 0.3 is 0 Å². The number of aryl methyl sites for hydroxylation is 1. The van der Waals surface area contributed by atoms with E-state index in [2.05, 4.69) is 10.4 Å². The molecule has 2 aromatic rings. The Morgan fingerprint density at radius 3 is 2.71 bits per heavy atom. The first kappa shape index (κ1) is 17.8. The molecule has 2 unspecified atom stereocenters. The molecule has 2 atom stereocenters. The second kappa shape index (κ2) is 7.81. The van der Waals surface area contributed by atoms with Crippen LogP contribution in [0.25, 0.3) is 0 Å². The van der Waals surface area contributed by atoms with Crippen molar-refractivity contribution >= 4 is 5.91 Å². The number of methoxy groups -OCH3 is 1. The highest BCUT2D eigenvalue weighted by Crippen LogP contribution is 2.23. The van der Waals surface area contributed by atoms with Crippen molar-refractivity contribution in [1.82, 2.24) is 15.1 Å². The highest BCUT2D eigenvalue weighted by molar-refractivity contribution is 5.81. The van der Waals surface area contributed by atoms with E-state index in [1.165, 1.54) is 12.1 Å². The molecule has 130 valence electrons. The molecule has 1 heterocycles. The first-order valence-corrected chi connectivity index (χ1v) is 7.75. The van der Waals surface area contributed by atoms with Crippen molar-refractivity contribution in [2.75, 3.05) is 7.11 Å². The van der Waals surface area contributed by atoms with Gasteiger partial charge in [0, 0.05) is 7.05 Å². The van der Waals surface area contributed by atoms with E-state index in [-0.39, 0.29) is 17.7 Å². The fourth-order valence-electron chi connectivity index (χ4n) is 2.33. The first-order chi connectivity index (χ1) is 11.5. The molecule has 1 amide bonds. The van der Waals surface area contributed by atoms with Gasteiger partial charge in [-0.25, -0.2) is 4.39 Å². The van der Waals surface area contributed by atoms with E-state index in [0.717, 1.165) is 0 Å². The van der Waals surface area contributed by atoms with E-state index < -0.39 is 11.9 Å². The van der Waals surface area contributed by atoms with Gasteiger partial charge in [-0.1, -0.05) is 19.1 Å². The Morgan fingerprint density at radius 2 is 2.08 bits per heavy atom. The highest BCUT2D eigenvalue weighted by Gasteiger charge is 2.24. The number of para-hydroxylation sites is 1. The molecule has 0 bridgehead atoms. The van der Waals surface area contributed by atoms with Crippen LogP contribution in [0.2, 0.25) is 0 Å². The number of halogens is 1. The van der Waals surface area contributed by atoms with Crippen LogP contribution in [0.3, 0.4) is 0 Å². The quantitative estimate of drug-likeness (QED) is 0.845. The van der Waals surface area contributed by atoms with Crippen molar-refractivity contribution in [2.45, 2.75) is 32.4 Å². The molecular weight excluding hydrogens is 313 g/mol. The van der Waals surface area contributed by atoms with Crippen molar-refractivity contribution < 1.29 is 18.7 Å². The van der Waals surface area contributed by atoms with E-state index in [0.29, 0.717) is 17.9 Å². The molecule has 0 saturated carbocycles. The van der Waals surface area contributed by atoms with Gasteiger partial charge in [-0.2, -0.15) is 5.10 Å². The average Bonchev–Trinajstić information content (AvgIpc) is 2.95. The predicted octanol–water partition coefficient (Wildman–Crippen LogP) is 2.60. The molecule has 7 heteroatoms. The molecule has 6 nitrogen and oxygen atoms in total. The maximum Gasteiger partial charge on any atom is 0.261 e. The molecule has 0 fully saturated rings. The van der Waals surface area contributed by atoms with Crippen molar-refractivity contribution in [3.8, 4) is 11.5 Å². The molecule has 24 heavy (non-hydrogen) atoms. The Hall–Kier alpha value is -2.57. The molecule has 0 aliphatic carbocycles. The summed E-state index contributed by atoms with van der Waals surface area (Å²) in [4.78, 5) is 12.4. The summed E-state index contributed by atoms with van der Waals surface area (Å²) in [5.74, 6) is -0.180. The number of carbonyl (C=O) groups is 1. The largest absolute Gasteiger partial charge is 0.493 e. The van der Waals surface area contributed by atoms with Gasteiger partial charge in [-0.3, -0.25) is 9.48 Å². The summed E-state index contributed by atoms with van der Waals surface area (Å²) >= 11 is 0. The molecule has 0 spiro atoms. The van der Waals surface area contributed by atoms with Gasteiger partial charge in [-0.05, 0) is 25.5 Å². The summed E-state index contributed by atoms with van der Waals surface area (Å²) in [5.41, 5.74) is 0.620. The van der Waals surface area contributed by atoms with E-state index >= 15 is 0 Å². The Bertz CT molecular complexity index is 702. The zero-order chi connectivity index (χ0) is 17.7. The van der Waals surface area contributed by atoms with Crippen LogP contribution < -0.4 is 14.8 Å². The molecule has 1 N–H and O–H groups in total. The SMILES string of the molecule is CCC(Oc1ccccc1F)C(=O)NC(C)c1nn(C)cc1OC. The van der Waals surface area contributed by atoms with Gasteiger partial charge < -0.3 is 14.8 Å². The number of amides is 1. The lowest BCUT2D eigenvalue weighted by Crippen LogP contribution is -2.39. The number of benzene rings is 1. The summed E-state index contributed by atoms with van der Waals surface area (Å²) in [6.45, 7) is 3.61. The number of hydrogen-bond acceptors (Lipinski definition) is 4. The number of hydrogen-bond donors (Lipinski definition) is 1. The Morgan fingerprint density at radius 1 is 1.38 bits per heavy atom. The smallest absolute Gasteiger partial charge is 0.261 e. The van der Waals surface area contributed by atoms with Gasteiger partial charge in [-0.15, -0.1) is 0 Å². The molecule has 0 aliphatic rings. The van der Waals surface area contributed by atoms with Gasteiger partial charge in [0.1, 0.15) is 5.69 Å². The standard InChI is InChI=1S/C17H22FN3O3/c1-5-13(24-14-9-7-6-8-12(14)18)17(22)19-11(2)16-15(23-4)10-21(3)20-16/h6-11,13H,5H2,1-4H3,(H,19,22). The minimum absolute atomic E-state index is 0.0579. The zero-order valence-corrected chi connectivity index (χ0v) is 14.2. The minimum Gasteiger partial charge on any atom is -0.493 e. The van der Waals surface area contributed by atoms with Crippen LogP contribution >= 0.6 is 0 Å². The third-order valence-corrected chi connectivity index (χ3v) is 3.58. The minimum atomic E-state index is -0.793. The lowest BCUT2D eigenvalue weighted by molar-refractivity contribution is -0.128. The third kappa shape index (κ3) is 4.04. The summed E-state index contributed by atoms with van der Waals surface area (Å²) in [6, 6.07) is 5.65. The van der Waals surface area contributed by atoms with Crippen LogP contribution in [0.4, 0.5) is 4.39 Å². The number of nitrogens with one attached hydrogen (secondary N) is 1. The fourth-order valence-corrected chi connectivity index (χ4v) is 2.33. The van der Waals surface area contributed by atoms with Crippen molar-refractivity contribution in [3.05, 3.63) is 42.0 Å². The number of carbonyl (C=O) groups excluding carboxylic acids is 1. The number of aromatic nitrogens is 2. The summed E-state index contributed by atoms with van der Waals surface area (Å²) in [6.07, 6.45) is 1.34. The summed E-state index contributed by atoms with van der Waals surface area (Å²) in [5, 5.41) is 7.13. The Labute approximate surface area is 140 Å². The zero-order valence-electron chi connectivity index (χ0n) is 14.2. The van der Waals surface area contributed by atoms with Crippen LogP contribution in [0, 0.1) is 5.82 Å². The van der Waals surface area contributed by atoms with Crippen molar-refractivity contribution in [2.24, 2.45) is 7.05 Å². The topological polar surface area (TPSA) is 65.4 Å². The van der Waals surface area contributed by atoms with Gasteiger partial charge in [0.25, 0.3) is 5.91 Å². The van der Waals surface area contributed by atoms with Gasteiger partial charge in [0.2, 0.25) is 0 Å². The second-order valence-electron chi connectivity index (χ2n) is 5.43. The van der Waals surface area contributed by atoms with Crippen LogP contribution in [0.1, 0.15) is 32.0 Å². The van der Waals surface area contributed by atoms with Crippen LogP contribution in [-0.4, -0.2) is 28.9 Å². The first-order valence-electron chi connectivity index (χ1n) is 7.75. The molecule has 0 radical (unpaired) electrons. The lowest BCUT2D eigenvalue weighted by atomic mass is 10.2. The monoisotopic (exact) mass is 335 g/mol. The second-order valence-corrected chi connectivity index (χ2v) is 5.43. The van der Waals surface area contributed by atoms with E-state index in [9.17, 15) is 9.18 Å². The van der Waals surface area contributed by atoms with Crippen LogP contribution in [0.5, 0.6) is 11.5 Å². The van der Waals surface area contributed by atoms with E-state index in [4.69, 9.17) is 9.47 Å². The highest BCUT2D eigenvalue weighted by atomic mass is 19.1. The molecule has 0 aliphatic heterocycles. The summed E-state index contributed by atoms with van der Waals surface area (Å²) < 4.78 is 26.1.